The molecule has 0 amide bonds. The number of benzene rings is 1. The molecule has 0 spiro atoms. The van der Waals surface area contributed by atoms with Crippen molar-refractivity contribution in [3.63, 3.8) is 0 Å². The van der Waals surface area contributed by atoms with E-state index in [0.29, 0.717) is 18.1 Å². The zero-order chi connectivity index (χ0) is 13.8. The third-order valence-corrected chi connectivity index (χ3v) is 4.07. The predicted octanol–water partition coefficient (Wildman–Crippen LogP) is 4.32. The summed E-state index contributed by atoms with van der Waals surface area (Å²) in [6, 6.07) is 6.64. The minimum Gasteiger partial charge on any atom is -0.494 e. The van der Waals surface area contributed by atoms with Crippen molar-refractivity contribution >= 4 is 0 Å². The Hall–Kier alpha value is -1.02. The maximum absolute atomic E-state index is 5.81. The molecule has 1 aliphatic rings. The molecule has 2 nitrogen and oxygen atoms in total. The van der Waals surface area contributed by atoms with Crippen LogP contribution >= 0.6 is 0 Å². The third-order valence-electron chi connectivity index (χ3n) is 4.07. The smallest absolute Gasteiger partial charge is 0.122 e. The van der Waals surface area contributed by atoms with Crippen LogP contribution in [0.2, 0.25) is 0 Å². The van der Waals surface area contributed by atoms with Crippen LogP contribution in [-0.2, 0) is 11.2 Å². The second-order valence-electron chi connectivity index (χ2n) is 5.38. The lowest BCUT2D eigenvalue weighted by molar-refractivity contribution is 0.327. The molecule has 2 rings (SSSR count). The van der Waals surface area contributed by atoms with Crippen molar-refractivity contribution in [2.45, 2.75) is 65.1 Å². The highest BCUT2D eigenvalue weighted by atomic mass is 16.6. The summed E-state index contributed by atoms with van der Waals surface area (Å²) in [5, 5.41) is 0. The highest BCUT2D eigenvalue weighted by Gasteiger charge is 2.36. The first-order valence-corrected chi connectivity index (χ1v) is 7.60. The van der Waals surface area contributed by atoms with Crippen LogP contribution in [0.4, 0.5) is 0 Å². The van der Waals surface area contributed by atoms with Gasteiger partial charge in [-0.15, -0.1) is 0 Å². The van der Waals surface area contributed by atoms with Crippen LogP contribution in [0.15, 0.2) is 18.2 Å². The fraction of sp³-hybridized carbons (Fsp3) is 0.647. The van der Waals surface area contributed by atoms with Crippen LogP contribution < -0.4 is 4.74 Å². The molecule has 1 heterocycles. The fourth-order valence-corrected chi connectivity index (χ4v) is 2.70. The minimum absolute atomic E-state index is 0.443. The number of epoxide rings is 1. The van der Waals surface area contributed by atoms with Gasteiger partial charge >= 0.3 is 0 Å². The SMILES string of the molecule is CCOc1ccc(CC)cc1C(CC)CC1OC1C. The number of hydrogen-bond donors (Lipinski definition) is 0. The first kappa shape index (κ1) is 14.4. The lowest BCUT2D eigenvalue weighted by Gasteiger charge is -2.19. The van der Waals surface area contributed by atoms with Crippen molar-refractivity contribution in [2.75, 3.05) is 6.61 Å². The molecule has 0 aliphatic carbocycles. The van der Waals surface area contributed by atoms with E-state index in [2.05, 4.69) is 39.0 Å². The second-order valence-corrected chi connectivity index (χ2v) is 5.38. The number of rotatable bonds is 7. The quantitative estimate of drug-likeness (QED) is 0.683. The Bertz CT molecular complexity index is 414. The molecule has 0 saturated carbocycles. The lowest BCUT2D eigenvalue weighted by Crippen LogP contribution is -2.07. The van der Waals surface area contributed by atoms with Gasteiger partial charge in [-0.2, -0.15) is 0 Å². The summed E-state index contributed by atoms with van der Waals surface area (Å²) in [5.41, 5.74) is 2.76. The van der Waals surface area contributed by atoms with Crippen molar-refractivity contribution in [3.05, 3.63) is 29.3 Å². The molecule has 2 heteroatoms. The second kappa shape index (κ2) is 6.42. The van der Waals surface area contributed by atoms with Crippen molar-refractivity contribution in [1.82, 2.24) is 0 Å². The van der Waals surface area contributed by atoms with E-state index in [4.69, 9.17) is 9.47 Å². The highest BCUT2D eigenvalue weighted by Crippen LogP contribution is 2.38. The molecule has 1 aliphatic heterocycles. The molecule has 106 valence electrons. The van der Waals surface area contributed by atoms with Crippen LogP contribution in [0.3, 0.4) is 0 Å². The standard InChI is InChI=1S/C17H26O2/c1-5-13-8-9-16(18-7-3)15(10-13)14(6-2)11-17-12(4)19-17/h8-10,12,14,17H,5-7,11H2,1-4H3. The van der Waals surface area contributed by atoms with E-state index in [1.807, 2.05) is 6.92 Å². The molecule has 0 radical (unpaired) electrons. The predicted molar refractivity (Wildman–Crippen MR) is 79.0 cm³/mol. The maximum atomic E-state index is 5.81. The van der Waals surface area contributed by atoms with Gasteiger partial charge in [0, 0.05) is 0 Å². The van der Waals surface area contributed by atoms with Gasteiger partial charge in [-0.3, -0.25) is 0 Å². The van der Waals surface area contributed by atoms with E-state index < -0.39 is 0 Å². The van der Waals surface area contributed by atoms with E-state index in [1.165, 1.54) is 11.1 Å². The molecule has 1 saturated heterocycles. The number of ether oxygens (including phenoxy) is 2. The fourth-order valence-electron chi connectivity index (χ4n) is 2.70. The molecule has 0 aromatic heterocycles. The minimum atomic E-state index is 0.443. The summed E-state index contributed by atoms with van der Waals surface area (Å²) in [7, 11) is 0. The van der Waals surface area contributed by atoms with Crippen molar-refractivity contribution in [3.8, 4) is 5.75 Å². The summed E-state index contributed by atoms with van der Waals surface area (Å²) in [4.78, 5) is 0. The van der Waals surface area contributed by atoms with Crippen LogP contribution in [0.5, 0.6) is 5.75 Å². The van der Waals surface area contributed by atoms with E-state index in [0.717, 1.165) is 31.6 Å². The van der Waals surface area contributed by atoms with Gasteiger partial charge in [-0.1, -0.05) is 26.0 Å². The molecule has 1 fully saturated rings. The van der Waals surface area contributed by atoms with E-state index >= 15 is 0 Å². The lowest BCUT2D eigenvalue weighted by atomic mass is 9.89. The summed E-state index contributed by atoms with van der Waals surface area (Å²) in [6.45, 7) is 9.39. The molecule has 1 aromatic rings. The third kappa shape index (κ3) is 3.50. The number of aryl methyl sites for hydroxylation is 1. The Morgan fingerprint density at radius 3 is 2.53 bits per heavy atom. The zero-order valence-electron chi connectivity index (χ0n) is 12.6. The van der Waals surface area contributed by atoms with Crippen molar-refractivity contribution in [1.29, 1.82) is 0 Å². The van der Waals surface area contributed by atoms with Gasteiger partial charge in [0.2, 0.25) is 0 Å². The van der Waals surface area contributed by atoms with Gasteiger partial charge in [-0.25, -0.2) is 0 Å². The van der Waals surface area contributed by atoms with E-state index in [1.54, 1.807) is 0 Å². The van der Waals surface area contributed by atoms with Gasteiger partial charge in [-0.05, 0) is 56.2 Å². The van der Waals surface area contributed by atoms with E-state index in [9.17, 15) is 0 Å². The molecule has 19 heavy (non-hydrogen) atoms. The molecule has 3 unspecified atom stereocenters. The number of hydrogen-bond acceptors (Lipinski definition) is 2. The van der Waals surface area contributed by atoms with Crippen molar-refractivity contribution in [2.24, 2.45) is 0 Å². The Balaban J connectivity index is 2.21. The molecule has 3 atom stereocenters. The largest absolute Gasteiger partial charge is 0.494 e. The van der Waals surface area contributed by atoms with Crippen LogP contribution in [0.1, 0.15) is 57.6 Å². The average Bonchev–Trinajstić information content (AvgIpc) is 3.12. The molecular formula is C17H26O2. The summed E-state index contributed by atoms with van der Waals surface area (Å²) < 4.78 is 11.4. The maximum Gasteiger partial charge on any atom is 0.122 e. The first-order chi connectivity index (χ1) is 9.19. The van der Waals surface area contributed by atoms with Crippen molar-refractivity contribution < 1.29 is 9.47 Å². The molecular weight excluding hydrogens is 236 g/mol. The van der Waals surface area contributed by atoms with Crippen LogP contribution in [-0.4, -0.2) is 18.8 Å². The summed E-state index contributed by atoms with van der Waals surface area (Å²) >= 11 is 0. The summed E-state index contributed by atoms with van der Waals surface area (Å²) in [6.07, 6.45) is 4.22. The highest BCUT2D eigenvalue weighted by molar-refractivity contribution is 5.40. The van der Waals surface area contributed by atoms with Gasteiger partial charge in [0.15, 0.2) is 0 Å². The molecule has 0 N–H and O–H groups in total. The Kier molecular flexibility index (Phi) is 4.87. The topological polar surface area (TPSA) is 21.8 Å². The van der Waals surface area contributed by atoms with Gasteiger partial charge in [0.1, 0.15) is 5.75 Å². The Morgan fingerprint density at radius 2 is 2.00 bits per heavy atom. The summed E-state index contributed by atoms with van der Waals surface area (Å²) in [5.74, 6) is 1.60. The van der Waals surface area contributed by atoms with Crippen LogP contribution in [0.25, 0.3) is 0 Å². The Morgan fingerprint density at radius 1 is 1.26 bits per heavy atom. The van der Waals surface area contributed by atoms with Gasteiger partial charge in [0.05, 0.1) is 18.8 Å². The average molecular weight is 262 g/mol. The first-order valence-electron chi connectivity index (χ1n) is 7.60. The zero-order valence-corrected chi connectivity index (χ0v) is 12.6. The normalized spacial score (nSPS) is 23.2. The molecule has 0 bridgehead atoms. The van der Waals surface area contributed by atoms with Gasteiger partial charge in [0.25, 0.3) is 0 Å². The molecule has 1 aromatic carbocycles. The van der Waals surface area contributed by atoms with E-state index in [-0.39, 0.29) is 0 Å². The van der Waals surface area contributed by atoms with Gasteiger partial charge < -0.3 is 9.47 Å². The Labute approximate surface area is 117 Å². The van der Waals surface area contributed by atoms with Crippen LogP contribution in [0, 0.1) is 0 Å². The monoisotopic (exact) mass is 262 g/mol.